The van der Waals surface area contributed by atoms with Gasteiger partial charge in [0.25, 0.3) is 0 Å². The molecule has 0 amide bonds. The first kappa shape index (κ1) is 9.73. The summed E-state index contributed by atoms with van der Waals surface area (Å²) in [5, 5.41) is 17.5. The minimum absolute atomic E-state index is 0. The molecule has 0 radical (unpaired) electrons. The minimum Gasteiger partial charge on any atom is -0.881 e. The second-order valence-electron chi connectivity index (χ2n) is 0.274. The summed E-state index contributed by atoms with van der Waals surface area (Å²) in [5.74, 6) is 0. The standard InChI is InChI=1S/BClO2.Ca/c2-1(3)4;/q-2;+2. The molecule has 5 heteroatoms. The Morgan fingerprint density at radius 3 is 1.40 bits per heavy atom. The summed E-state index contributed by atoms with van der Waals surface area (Å²) >= 11 is 4.16. The van der Waals surface area contributed by atoms with Crippen LogP contribution in [0.15, 0.2) is 0 Å². The van der Waals surface area contributed by atoms with Crippen molar-refractivity contribution >= 4 is 55.7 Å². The van der Waals surface area contributed by atoms with Gasteiger partial charge in [0.1, 0.15) is 0 Å². The molecular formula is BCaClO2. The molecule has 0 aliphatic heterocycles. The summed E-state index contributed by atoms with van der Waals surface area (Å²) in [6.45, 7) is -2.19. The van der Waals surface area contributed by atoms with Crippen molar-refractivity contribution in [2.24, 2.45) is 0 Å². The Kier molecular flexibility index (Phi) is 10.8. The predicted molar refractivity (Wildman–Crippen MR) is 17.4 cm³/mol. The van der Waals surface area contributed by atoms with Crippen LogP contribution >= 0.6 is 11.5 Å². The first-order valence-corrected chi connectivity index (χ1v) is 1.13. The van der Waals surface area contributed by atoms with E-state index < -0.39 is 6.53 Å². The van der Waals surface area contributed by atoms with Crippen molar-refractivity contribution in [3.63, 3.8) is 0 Å². The molecule has 0 bridgehead atoms. The fourth-order valence-corrected chi connectivity index (χ4v) is 0. The summed E-state index contributed by atoms with van der Waals surface area (Å²) in [6, 6.07) is 0. The van der Waals surface area contributed by atoms with Crippen molar-refractivity contribution in [2.75, 3.05) is 0 Å². The van der Waals surface area contributed by atoms with E-state index in [0.29, 0.717) is 0 Å². The van der Waals surface area contributed by atoms with Crippen molar-refractivity contribution in [3.05, 3.63) is 0 Å². The van der Waals surface area contributed by atoms with Crippen LogP contribution in [-0.2, 0) is 0 Å². The molecule has 0 aromatic heterocycles. The summed E-state index contributed by atoms with van der Waals surface area (Å²) in [7, 11) is 0. The molecule has 0 saturated heterocycles. The van der Waals surface area contributed by atoms with Gasteiger partial charge in [-0.3, -0.25) is 0 Å². The second kappa shape index (κ2) is 5.53. The van der Waals surface area contributed by atoms with E-state index in [-0.39, 0.29) is 37.7 Å². The third-order valence-corrected chi connectivity index (χ3v) is 0. The number of halogens is 1. The molecule has 0 saturated carbocycles. The van der Waals surface area contributed by atoms with Crippen LogP contribution in [0.4, 0.5) is 0 Å². The van der Waals surface area contributed by atoms with Crippen LogP contribution < -0.4 is 10.0 Å². The van der Waals surface area contributed by atoms with E-state index in [2.05, 4.69) is 11.5 Å². The SMILES string of the molecule is [Ca+2].[O-]B([O-])Cl. The van der Waals surface area contributed by atoms with E-state index in [0.717, 1.165) is 0 Å². The molecule has 0 spiro atoms. The van der Waals surface area contributed by atoms with Crippen molar-refractivity contribution < 1.29 is 10.0 Å². The van der Waals surface area contributed by atoms with Gasteiger partial charge in [-0.2, -0.15) is 0 Å². The van der Waals surface area contributed by atoms with Crippen molar-refractivity contribution in [2.45, 2.75) is 0 Å². The molecule has 0 aliphatic carbocycles. The molecular weight excluding hydrogens is 118 g/mol. The van der Waals surface area contributed by atoms with Gasteiger partial charge in [0.2, 0.25) is 0 Å². The first-order chi connectivity index (χ1) is 1.73. The molecule has 5 heavy (non-hydrogen) atoms. The molecule has 0 unspecified atom stereocenters. The third-order valence-electron chi connectivity index (χ3n) is 0. The van der Waals surface area contributed by atoms with E-state index >= 15 is 0 Å². The zero-order valence-corrected chi connectivity index (χ0v) is 5.44. The maximum absolute atomic E-state index is 8.74. The molecule has 0 atom stereocenters. The van der Waals surface area contributed by atoms with Crippen LogP contribution in [0, 0.1) is 0 Å². The Balaban J connectivity index is 0. The van der Waals surface area contributed by atoms with E-state index in [1.54, 1.807) is 0 Å². The van der Waals surface area contributed by atoms with Gasteiger partial charge in [-0.1, -0.05) is 0 Å². The fraction of sp³-hybridized carbons (Fsp3) is 0. The van der Waals surface area contributed by atoms with Gasteiger partial charge in [-0.25, -0.2) is 11.5 Å². The van der Waals surface area contributed by atoms with Gasteiger partial charge in [-0.05, 0) is 0 Å². The second-order valence-corrected chi connectivity index (χ2v) is 0.631. The molecule has 2 nitrogen and oxygen atoms in total. The Bertz CT molecular complexity index is 14.4. The normalized spacial score (nSPS) is 5.40. The molecule has 0 heterocycles. The Morgan fingerprint density at radius 2 is 1.40 bits per heavy atom. The Morgan fingerprint density at radius 1 is 1.40 bits per heavy atom. The fourth-order valence-electron chi connectivity index (χ4n) is 0. The van der Waals surface area contributed by atoms with Crippen LogP contribution in [0.25, 0.3) is 0 Å². The first-order valence-electron chi connectivity index (χ1n) is 0.690. The maximum Gasteiger partial charge on any atom is 2.00 e. The Labute approximate surface area is 65.2 Å². The van der Waals surface area contributed by atoms with E-state index in [1.807, 2.05) is 0 Å². The average molecular weight is 118 g/mol. The summed E-state index contributed by atoms with van der Waals surface area (Å²) in [6.07, 6.45) is 0. The molecule has 24 valence electrons. The van der Waals surface area contributed by atoms with E-state index in [1.165, 1.54) is 0 Å². The average Bonchev–Trinajstić information content (AvgIpc) is 0.811. The predicted octanol–water partition coefficient (Wildman–Crippen LogP) is -2.45. The van der Waals surface area contributed by atoms with Crippen molar-refractivity contribution in [1.29, 1.82) is 0 Å². The van der Waals surface area contributed by atoms with Crippen LogP contribution in [-0.4, -0.2) is 44.3 Å². The zero-order chi connectivity index (χ0) is 3.58. The van der Waals surface area contributed by atoms with Gasteiger partial charge >= 0.3 is 37.7 Å². The van der Waals surface area contributed by atoms with Crippen molar-refractivity contribution in [1.82, 2.24) is 0 Å². The number of rotatable bonds is 0. The monoisotopic (exact) mass is 118 g/mol. The van der Waals surface area contributed by atoms with Gasteiger partial charge in [0.05, 0.1) is 0 Å². The quantitative estimate of drug-likeness (QED) is 0.332. The van der Waals surface area contributed by atoms with E-state index in [4.69, 9.17) is 10.0 Å². The molecule has 0 aromatic rings. The molecule has 0 N–H and O–H groups in total. The largest absolute Gasteiger partial charge is 2.00 e. The van der Waals surface area contributed by atoms with Crippen molar-refractivity contribution in [3.8, 4) is 0 Å². The van der Waals surface area contributed by atoms with Crippen LogP contribution in [0.1, 0.15) is 0 Å². The van der Waals surface area contributed by atoms with Crippen LogP contribution in [0.5, 0.6) is 0 Å². The van der Waals surface area contributed by atoms with Gasteiger partial charge in [0.15, 0.2) is 0 Å². The molecule has 0 fully saturated rings. The van der Waals surface area contributed by atoms with Crippen LogP contribution in [0.3, 0.4) is 0 Å². The Hall–Kier alpha value is 1.53. The zero-order valence-electron chi connectivity index (χ0n) is 2.48. The van der Waals surface area contributed by atoms with Gasteiger partial charge < -0.3 is 10.0 Å². The smallest absolute Gasteiger partial charge is 0.881 e. The van der Waals surface area contributed by atoms with Gasteiger partial charge in [0, 0.05) is 6.53 Å². The molecule has 0 aliphatic rings. The summed E-state index contributed by atoms with van der Waals surface area (Å²) in [4.78, 5) is 0. The summed E-state index contributed by atoms with van der Waals surface area (Å²) in [5.41, 5.74) is 0. The van der Waals surface area contributed by atoms with Crippen LogP contribution in [0.2, 0.25) is 0 Å². The molecule has 0 aromatic carbocycles. The third kappa shape index (κ3) is 29.4. The minimum atomic E-state index is -2.19. The van der Waals surface area contributed by atoms with Gasteiger partial charge in [-0.15, -0.1) is 0 Å². The molecule has 0 rings (SSSR count). The topological polar surface area (TPSA) is 46.1 Å². The van der Waals surface area contributed by atoms with E-state index in [9.17, 15) is 0 Å². The number of hydrogen-bond donors (Lipinski definition) is 0. The number of hydrogen-bond acceptors (Lipinski definition) is 2. The summed E-state index contributed by atoms with van der Waals surface area (Å²) < 4.78 is 0. The maximum atomic E-state index is 8.74.